The third kappa shape index (κ3) is 5.83. The van der Waals surface area contributed by atoms with Crippen LogP contribution in [0.1, 0.15) is 33.6 Å². The second kappa shape index (κ2) is 11.9. The first-order valence-electron chi connectivity index (χ1n) is 13.5. The van der Waals surface area contributed by atoms with Gasteiger partial charge in [0.2, 0.25) is 0 Å². The quantitative estimate of drug-likeness (QED) is 0.265. The number of hydrogen-bond acceptors (Lipinski definition) is 5. The molecule has 1 aliphatic rings. The number of methoxy groups -OCH3 is 1. The maximum absolute atomic E-state index is 15.6. The van der Waals surface area contributed by atoms with E-state index in [1.54, 1.807) is 24.4 Å². The Kier molecular flexibility index (Phi) is 8.12. The molecule has 210 valence electrons. The number of nitrogens with zero attached hydrogens (tertiary/aromatic N) is 2. The molecular formula is C33H32FN3O4. The minimum atomic E-state index is -0.818. The van der Waals surface area contributed by atoms with Gasteiger partial charge in [0.1, 0.15) is 17.3 Å². The van der Waals surface area contributed by atoms with Crippen molar-refractivity contribution in [3.63, 3.8) is 0 Å². The van der Waals surface area contributed by atoms with E-state index in [9.17, 15) is 14.7 Å². The van der Waals surface area contributed by atoms with Gasteiger partial charge in [-0.25, -0.2) is 4.39 Å². The Morgan fingerprint density at radius 3 is 2.44 bits per heavy atom. The van der Waals surface area contributed by atoms with E-state index in [1.165, 1.54) is 13.2 Å². The third-order valence-electron chi connectivity index (χ3n) is 7.79. The first kappa shape index (κ1) is 28.0. The van der Waals surface area contributed by atoms with Crippen LogP contribution in [0.15, 0.2) is 72.9 Å². The Morgan fingerprint density at radius 1 is 1.02 bits per heavy atom. The molecule has 1 aliphatic heterocycles. The topological polar surface area (TPSA) is 91.8 Å². The van der Waals surface area contributed by atoms with Crippen molar-refractivity contribution in [3.8, 4) is 28.0 Å². The minimum absolute atomic E-state index is 0.286. The van der Waals surface area contributed by atoms with Crippen molar-refractivity contribution in [2.45, 2.75) is 26.8 Å². The molecule has 5 rings (SSSR count). The van der Waals surface area contributed by atoms with Crippen molar-refractivity contribution >= 4 is 17.6 Å². The van der Waals surface area contributed by atoms with E-state index >= 15 is 4.39 Å². The molecule has 7 nitrogen and oxygen atoms in total. The lowest BCUT2D eigenvalue weighted by atomic mass is 9.90. The SMILES string of the molecule is COc1cc(-c2cccc(-c3cccc(NC(=O)c4ccccn4)c3C)c2C)cc(F)c1CN1CC[C@H](C(=O)O)C1. The second-order valence-corrected chi connectivity index (χ2v) is 10.3. The van der Waals surface area contributed by atoms with Crippen LogP contribution in [0.4, 0.5) is 10.1 Å². The van der Waals surface area contributed by atoms with Gasteiger partial charge in [0.25, 0.3) is 5.91 Å². The summed E-state index contributed by atoms with van der Waals surface area (Å²) in [7, 11) is 1.52. The first-order chi connectivity index (χ1) is 19.8. The third-order valence-corrected chi connectivity index (χ3v) is 7.79. The van der Waals surface area contributed by atoms with E-state index in [2.05, 4.69) is 10.3 Å². The average molecular weight is 554 g/mol. The number of carbonyl (C=O) groups excluding carboxylic acids is 1. The van der Waals surface area contributed by atoms with Crippen LogP contribution in [0, 0.1) is 25.6 Å². The predicted molar refractivity (Wildman–Crippen MR) is 157 cm³/mol. The molecule has 2 heterocycles. The van der Waals surface area contributed by atoms with Gasteiger partial charge in [-0.15, -0.1) is 0 Å². The highest BCUT2D eigenvalue weighted by molar-refractivity contribution is 6.03. The number of carbonyl (C=O) groups is 2. The number of amides is 1. The van der Waals surface area contributed by atoms with Gasteiger partial charge in [0, 0.05) is 30.5 Å². The number of ether oxygens (including phenoxy) is 1. The molecule has 8 heteroatoms. The van der Waals surface area contributed by atoms with Crippen molar-refractivity contribution in [1.82, 2.24) is 9.88 Å². The molecule has 3 aromatic carbocycles. The lowest BCUT2D eigenvalue weighted by Gasteiger charge is -2.20. The summed E-state index contributed by atoms with van der Waals surface area (Å²) in [5.41, 5.74) is 6.77. The van der Waals surface area contributed by atoms with Crippen LogP contribution in [0.3, 0.4) is 0 Å². The van der Waals surface area contributed by atoms with Crippen LogP contribution < -0.4 is 10.1 Å². The summed E-state index contributed by atoms with van der Waals surface area (Å²) in [4.78, 5) is 30.2. The molecule has 1 saturated heterocycles. The van der Waals surface area contributed by atoms with Crippen molar-refractivity contribution in [3.05, 3.63) is 101 Å². The molecule has 0 saturated carbocycles. The Morgan fingerprint density at radius 2 is 1.76 bits per heavy atom. The van der Waals surface area contributed by atoms with Crippen LogP contribution >= 0.6 is 0 Å². The predicted octanol–water partition coefficient (Wildman–Crippen LogP) is 6.34. The zero-order valence-electron chi connectivity index (χ0n) is 23.3. The fourth-order valence-corrected chi connectivity index (χ4v) is 5.49. The van der Waals surface area contributed by atoms with Crippen molar-refractivity contribution in [2.24, 2.45) is 5.92 Å². The lowest BCUT2D eigenvalue weighted by Crippen LogP contribution is -2.23. The van der Waals surface area contributed by atoms with Gasteiger partial charge in [0.05, 0.1) is 13.0 Å². The molecule has 0 unspecified atom stereocenters. The molecule has 0 radical (unpaired) electrons. The second-order valence-electron chi connectivity index (χ2n) is 10.3. The van der Waals surface area contributed by atoms with E-state index in [0.717, 1.165) is 27.8 Å². The first-order valence-corrected chi connectivity index (χ1v) is 13.5. The van der Waals surface area contributed by atoms with Gasteiger partial charge in [-0.3, -0.25) is 19.5 Å². The van der Waals surface area contributed by atoms with E-state index in [4.69, 9.17) is 4.74 Å². The Bertz CT molecular complexity index is 1610. The number of rotatable bonds is 8. The number of likely N-dealkylation sites (tertiary alicyclic amines) is 1. The zero-order chi connectivity index (χ0) is 29.1. The Balaban J connectivity index is 1.45. The van der Waals surface area contributed by atoms with Crippen LogP contribution in [-0.2, 0) is 11.3 Å². The summed E-state index contributed by atoms with van der Waals surface area (Å²) in [6.45, 7) is 5.23. The van der Waals surface area contributed by atoms with Crippen molar-refractivity contribution < 1.29 is 23.8 Å². The molecule has 1 fully saturated rings. The minimum Gasteiger partial charge on any atom is -0.496 e. The number of carboxylic acid groups (broad SMARTS) is 1. The number of halogens is 1. The fraction of sp³-hybridized carbons (Fsp3) is 0.242. The Labute approximate surface area is 238 Å². The Hall–Kier alpha value is -4.56. The molecule has 1 aromatic heterocycles. The maximum Gasteiger partial charge on any atom is 0.307 e. The molecule has 1 amide bonds. The summed E-state index contributed by atoms with van der Waals surface area (Å²) in [6.07, 6.45) is 2.13. The van der Waals surface area contributed by atoms with Crippen LogP contribution in [0.25, 0.3) is 22.3 Å². The van der Waals surface area contributed by atoms with Crippen molar-refractivity contribution in [1.29, 1.82) is 0 Å². The molecule has 0 aliphatic carbocycles. The van der Waals surface area contributed by atoms with E-state index < -0.39 is 17.7 Å². The van der Waals surface area contributed by atoms with Gasteiger partial charge in [-0.05, 0) is 90.5 Å². The van der Waals surface area contributed by atoms with Gasteiger partial charge in [0.15, 0.2) is 0 Å². The van der Waals surface area contributed by atoms with Gasteiger partial charge < -0.3 is 15.2 Å². The highest BCUT2D eigenvalue weighted by Crippen LogP contribution is 2.38. The summed E-state index contributed by atoms with van der Waals surface area (Å²) >= 11 is 0. The zero-order valence-corrected chi connectivity index (χ0v) is 23.3. The van der Waals surface area contributed by atoms with Gasteiger partial charge in [-0.1, -0.05) is 36.4 Å². The number of aliphatic carboxylic acids is 1. The van der Waals surface area contributed by atoms with Gasteiger partial charge in [-0.2, -0.15) is 0 Å². The number of pyridine rings is 1. The number of hydrogen-bond donors (Lipinski definition) is 2. The molecule has 0 bridgehead atoms. The summed E-state index contributed by atoms with van der Waals surface area (Å²) < 4.78 is 21.2. The number of anilines is 1. The smallest absolute Gasteiger partial charge is 0.307 e. The van der Waals surface area contributed by atoms with Crippen LogP contribution in [-0.4, -0.2) is 47.1 Å². The molecule has 4 aromatic rings. The lowest BCUT2D eigenvalue weighted by molar-refractivity contribution is -0.141. The monoisotopic (exact) mass is 553 g/mol. The van der Waals surface area contributed by atoms with Crippen LogP contribution in [0.5, 0.6) is 5.75 Å². The maximum atomic E-state index is 15.6. The number of nitrogens with one attached hydrogen (secondary N) is 1. The molecule has 1 atom stereocenters. The van der Waals surface area contributed by atoms with E-state index in [-0.39, 0.29) is 12.5 Å². The van der Waals surface area contributed by atoms with Gasteiger partial charge >= 0.3 is 5.97 Å². The highest BCUT2D eigenvalue weighted by atomic mass is 19.1. The molecule has 0 spiro atoms. The number of benzene rings is 3. The molecular weight excluding hydrogens is 521 g/mol. The van der Waals surface area contributed by atoms with E-state index in [0.29, 0.717) is 47.8 Å². The van der Waals surface area contributed by atoms with E-state index in [1.807, 2.05) is 61.2 Å². The fourth-order valence-electron chi connectivity index (χ4n) is 5.49. The summed E-state index contributed by atoms with van der Waals surface area (Å²) in [6, 6.07) is 20.2. The molecule has 41 heavy (non-hydrogen) atoms. The standard InChI is InChI=1S/C33H32FN3O4/c1-20-24(23-16-28(34)27(31(17-23)41-3)19-37-15-13-22(18-37)33(39)40)8-6-9-25(20)26-10-7-12-29(21(26)2)36-32(38)30-11-4-5-14-35-30/h4-12,14,16-17,22H,13,15,18-19H2,1-3H3,(H,36,38)(H,39,40)/t22-/m0/s1. The normalized spacial score (nSPS) is 15.1. The van der Waals surface area contributed by atoms with Crippen LogP contribution in [0.2, 0.25) is 0 Å². The number of carboxylic acids is 1. The summed E-state index contributed by atoms with van der Waals surface area (Å²) in [5.74, 6) is -1.50. The number of aromatic nitrogens is 1. The largest absolute Gasteiger partial charge is 0.496 e. The highest BCUT2D eigenvalue weighted by Gasteiger charge is 2.29. The summed E-state index contributed by atoms with van der Waals surface area (Å²) in [5, 5.41) is 12.3. The average Bonchev–Trinajstić information content (AvgIpc) is 3.45. The van der Waals surface area contributed by atoms with Crippen molar-refractivity contribution in [2.75, 3.05) is 25.5 Å². The molecule has 2 N–H and O–H groups in total.